The van der Waals surface area contributed by atoms with Gasteiger partial charge >= 0.3 is 0 Å². The number of nitrogens with zero attached hydrogens (tertiary/aromatic N) is 3. The molecule has 2 aromatic heterocycles. The summed E-state index contributed by atoms with van der Waals surface area (Å²) in [4.78, 5) is 12.8. The summed E-state index contributed by atoms with van der Waals surface area (Å²) in [5.74, 6) is 0.955. The van der Waals surface area contributed by atoms with Gasteiger partial charge in [0.25, 0.3) is 0 Å². The molecule has 5 heteroatoms. The van der Waals surface area contributed by atoms with Crippen LogP contribution in [0.2, 0.25) is 0 Å². The normalized spacial score (nSPS) is 10.5. The maximum absolute atomic E-state index is 5.79. The van der Waals surface area contributed by atoms with Crippen molar-refractivity contribution in [2.45, 2.75) is 20.4 Å². The first-order valence-corrected chi connectivity index (χ1v) is 5.37. The predicted molar refractivity (Wildman–Crippen MR) is 67.0 cm³/mol. The molecular formula is C12H15N5. The highest BCUT2D eigenvalue weighted by Crippen LogP contribution is 2.19. The lowest BCUT2D eigenvalue weighted by molar-refractivity contribution is 1.01. The zero-order valence-electron chi connectivity index (χ0n) is 9.94. The van der Waals surface area contributed by atoms with E-state index >= 15 is 0 Å². The van der Waals surface area contributed by atoms with E-state index in [0.717, 1.165) is 22.4 Å². The van der Waals surface area contributed by atoms with E-state index in [0.29, 0.717) is 18.2 Å². The zero-order valence-corrected chi connectivity index (χ0v) is 9.94. The number of hydrogen-bond donors (Lipinski definition) is 2. The number of nitrogen functional groups attached to an aromatic ring is 1. The van der Waals surface area contributed by atoms with E-state index in [9.17, 15) is 0 Å². The van der Waals surface area contributed by atoms with Gasteiger partial charge in [0.2, 0.25) is 0 Å². The van der Waals surface area contributed by atoms with Crippen molar-refractivity contribution in [1.82, 2.24) is 15.0 Å². The SMILES string of the molecule is Cc1cnc(-c2ncc(CN)c(N)n2)c(C)c1. The molecule has 4 N–H and O–H groups in total. The van der Waals surface area contributed by atoms with E-state index in [1.165, 1.54) is 0 Å². The van der Waals surface area contributed by atoms with Crippen molar-refractivity contribution in [3.8, 4) is 11.5 Å². The topological polar surface area (TPSA) is 90.7 Å². The quantitative estimate of drug-likeness (QED) is 0.807. The summed E-state index contributed by atoms with van der Waals surface area (Å²) >= 11 is 0. The van der Waals surface area contributed by atoms with Crippen molar-refractivity contribution >= 4 is 5.82 Å². The molecule has 0 bridgehead atoms. The van der Waals surface area contributed by atoms with E-state index in [1.807, 2.05) is 19.9 Å². The van der Waals surface area contributed by atoms with E-state index in [1.54, 1.807) is 12.4 Å². The van der Waals surface area contributed by atoms with Gasteiger partial charge < -0.3 is 11.5 Å². The van der Waals surface area contributed by atoms with Crippen molar-refractivity contribution in [3.05, 3.63) is 35.2 Å². The largest absolute Gasteiger partial charge is 0.383 e. The minimum atomic E-state index is 0.340. The minimum absolute atomic E-state index is 0.340. The fourth-order valence-electron chi connectivity index (χ4n) is 1.64. The Bertz CT molecular complexity index is 551. The number of aryl methyl sites for hydroxylation is 2. The van der Waals surface area contributed by atoms with E-state index in [2.05, 4.69) is 15.0 Å². The highest BCUT2D eigenvalue weighted by atomic mass is 15.0. The van der Waals surface area contributed by atoms with Gasteiger partial charge in [-0.1, -0.05) is 6.07 Å². The Balaban J connectivity index is 2.50. The summed E-state index contributed by atoms with van der Waals surface area (Å²) in [5.41, 5.74) is 14.9. The first-order valence-electron chi connectivity index (χ1n) is 5.37. The third-order valence-corrected chi connectivity index (χ3v) is 2.54. The van der Waals surface area contributed by atoms with E-state index in [4.69, 9.17) is 11.5 Å². The average Bonchev–Trinajstić information content (AvgIpc) is 2.29. The van der Waals surface area contributed by atoms with Crippen LogP contribution in [-0.2, 0) is 6.54 Å². The Morgan fingerprint density at radius 3 is 2.53 bits per heavy atom. The molecule has 17 heavy (non-hydrogen) atoms. The standard InChI is InChI=1S/C12H15N5/c1-7-3-8(2)10(15-5-7)12-16-6-9(4-13)11(14)17-12/h3,5-6H,4,13H2,1-2H3,(H2,14,16,17). The van der Waals surface area contributed by atoms with Crippen molar-refractivity contribution in [3.63, 3.8) is 0 Å². The van der Waals surface area contributed by atoms with E-state index in [-0.39, 0.29) is 0 Å². The van der Waals surface area contributed by atoms with Gasteiger partial charge in [-0.15, -0.1) is 0 Å². The predicted octanol–water partition coefficient (Wildman–Crippen LogP) is 1.20. The highest BCUT2D eigenvalue weighted by molar-refractivity contribution is 5.57. The van der Waals surface area contributed by atoms with Crippen LogP contribution in [0.3, 0.4) is 0 Å². The Labute approximate surface area is 99.9 Å². The number of rotatable bonds is 2. The van der Waals surface area contributed by atoms with Gasteiger partial charge in [0.05, 0.1) is 0 Å². The molecule has 0 fully saturated rings. The molecular weight excluding hydrogens is 214 g/mol. The van der Waals surface area contributed by atoms with Crippen LogP contribution in [-0.4, -0.2) is 15.0 Å². The molecule has 0 radical (unpaired) electrons. The molecule has 0 aliphatic heterocycles. The summed E-state index contributed by atoms with van der Waals surface area (Å²) in [6, 6.07) is 2.04. The molecule has 2 heterocycles. The minimum Gasteiger partial charge on any atom is -0.383 e. The molecule has 2 aromatic rings. The first-order chi connectivity index (χ1) is 8.11. The van der Waals surface area contributed by atoms with Crippen molar-refractivity contribution in [2.75, 3.05) is 5.73 Å². The van der Waals surface area contributed by atoms with Crippen molar-refractivity contribution in [1.29, 1.82) is 0 Å². The van der Waals surface area contributed by atoms with Gasteiger partial charge in [-0.2, -0.15) is 0 Å². The van der Waals surface area contributed by atoms with Crippen LogP contribution in [0.1, 0.15) is 16.7 Å². The van der Waals surface area contributed by atoms with Gasteiger partial charge in [0, 0.05) is 24.5 Å². The lowest BCUT2D eigenvalue weighted by atomic mass is 10.1. The average molecular weight is 229 g/mol. The van der Waals surface area contributed by atoms with Crippen molar-refractivity contribution in [2.24, 2.45) is 5.73 Å². The molecule has 0 saturated heterocycles. The van der Waals surface area contributed by atoms with Crippen LogP contribution in [0.15, 0.2) is 18.5 Å². The number of hydrogen-bond acceptors (Lipinski definition) is 5. The van der Waals surface area contributed by atoms with Crippen LogP contribution < -0.4 is 11.5 Å². The Morgan fingerprint density at radius 2 is 1.94 bits per heavy atom. The molecule has 5 nitrogen and oxygen atoms in total. The van der Waals surface area contributed by atoms with E-state index < -0.39 is 0 Å². The smallest absolute Gasteiger partial charge is 0.180 e. The first kappa shape index (κ1) is 11.5. The molecule has 0 atom stereocenters. The number of pyridine rings is 1. The summed E-state index contributed by atoms with van der Waals surface area (Å²) in [6.45, 7) is 4.31. The van der Waals surface area contributed by atoms with Crippen molar-refractivity contribution < 1.29 is 0 Å². The molecule has 88 valence electrons. The van der Waals surface area contributed by atoms with Crippen LogP contribution in [0.25, 0.3) is 11.5 Å². The second-order valence-electron chi connectivity index (χ2n) is 3.99. The maximum atomic E-state index is 5.79. The van der Waals surface area contributed by atoms with Gasteiger partial charge in [-0.3, -0.25) is 4.98 Å². The summed E-state index contributed by atoms with van der Waals surface area (Å²) < 4.78 is 0. The Kier molecular flexibility index (Phi) is 3.01. The third kappa shape index (κ3) is 2.24. The monoisotopic (exact) mass is 229 g/mol. The van der Waals surface area contributed by atoms with Crippen LogP contribution in [0.4, 0.5) is 5.82 Å². The molecule has 0 amide bonds. The summed E-state index contributed by atoms with van der Waals surface area (Å²) in [5, 5.41) is 0. The summed E-state index contributed by atoms with van der Waals surface area (Å²) in [6.07, 6.45) is 3.44. The molecule has 0 spiro atoms. The van der Waals surface area contributed by atoms with Gasteiger partial charge in [-0.25, -0.2) is 9.97 Å². The fraction of sp³-hybridized carbons (Fsp3) is 0.250. The highest BCUT2D eigenvalue weighted by Gasteiger charge is 2.09. The lowest BCUT2D eigenvalue weighted by Crippen LogP contribution is -2.06. The number of aromatic nitrogens is 3. The molecule has 0 aliphatic carbocycles. The van der Waals surface area contributed by atoms with Crippen LogP contribution >= 0.6 is 0 Å². The van der Waals surface area contributed by atoms with Gasteiger partial charge in [0.1, 0.15) is 11.5 Å². The fourth-order valence-corrected chi connectivity index (χ4v) is 1.64. The third-order valence-electron chi connectivity index (χ3n) is 2.54. The Hall–Kier alpha value is -2.01. The van der Waals surface area contributed by atoms with Crippen LogP contribution in [0.5, 0.6) is 0 Å². The second kappa shape index (κ2) is 4.47. The van der Waals surface area contributed by atoms with Crippen LogP contribution in [0, 0.1) is 13.8 Å². The van der Waals surface area contributed by atoms with Gasteiger partial charge in [0.15, 0.2) is 5.82 Å². The molecule has 0 aromatic carbocycles. The molecule has 0 unspecified atom stereocenters. The molecule has 0 aliphatic rings. The summed E-state index contributed by atoms with van der Waals surface area (Å²) in [7, 11) is 0. The van der Waals surface area contributed by atoms with Gasteiger partial charge in [-0.05, 0) is 25.0 Å². The molecule has 0 saturated carbocycles. The molecule has 2 rings (SSSR count). The maximum Gasteiger partial charge on any atom is 0.180 e. The second-order valence-corrected chi connectivity index (χ2v) is 3.99. The lowest BCUT2D eigenvalue weighted by Gasteiger charge is -2.07. The number of nitrogens with two attached hydrogens (primary N) is 2. The Morgan fingerprint density at radius 1 is 1.18 bits per heavy atom. The zero-order chi connectivity index (χ0) is 12.4. The number of anilines is 1.